The summed E-state index contributed by atoms with van der Waals surface area (Å²) in [7, 11) is 0. The van der Waals surface area contributed by atoms with Crippen LogP contribution in [0.2, 0.25) is 5.02 Å². The van der Waals surface area contributed by atoms with E-state index in [2.05, 4.69) is 33.4 Å². The largest absolute Gasteiger partial charge is 0.329 e. The Balaban J connectivity index is 2.10. The van der Waals surface area contributed by atoms with Crippen LogP contribution in [0, 0.1) is 0 Å². The minimum Gasteiger partial charge on any atom is -0.329 e. The summed E-state index contributed by atoms with van der Waals surface area (Å²) in [6, 6.07) is 16.1. The minimum atomic E-state index is 0.0465. The Morgan fingerprint density at radius 3 is 2.58 bits per heavy atom. The van der Waals surface area contributed by atoms with Crippen LogP contribution in [0.25, 0.3) is 0 Å². The number of halogens is 2. The molecule has 1 atom stereocenters. The van der Waals surface area contributed by atoms with Gasteiger partial charge in [-0.3, -0.25) is 0 Å². The van der Waals surface area contributed by atoms with Crippen molar-refractivity contribution in [1.29, 1.82) is 0 Å². The van der Waals surface area contributed by atoms with Gasteiger partial charge in [0.05, 0.1) is 0 Å². The van der Waals surface area contributed by atoms with E-state index in [4.69, 9.17) is 17.3 Å². The van der Waals surface area contributed by atoms with E-state index in [1.807, 2.05) is 36.4 Å². The lowest BCUT2D eigenvalue weighted by molar-refractivity contribution is 0.542. The first-order valence-electron chi connectivity index (χ1n) is 6.13. The molecule has 2 aromatic carbocycles. The van der Waals surface area contributed by atoms with Gasteiger partial charge in [-0.2, -0.15) is 0 Å². The lowest BCUT2D eigenvalue weighted by atomic mass is 10.1. The van der Waals surface area contributed by atoms with Crippen molar-refractivity contribution in [3.8, 4) is 0 Å². The molecule has 0 aliphatic rings. The number of benzene rings is 2. The molecular formula is C15H16BrClN2. The number of rotatable bonds is 5. The Bertz CT molecular complexity index is 531. The van der Waals surface area contributed by atoms with Gasteiger partial charge in [0.25, 0.3) is 0 Å². The van der Waals surface area contributed by atoms with Crippen LogP contribution in [-0.4, -0.2) is 6.54 Å². The fourth-order valence-corrected chi connectivity index (χ4v) is 2.57. The lowest BCUT2D eigenvalue weighted by Crippen LogP contribution is -2.28. The van der Waals surface area contributed by atoms with Crippen LogP contribution >= 0.6 is 27.5 Å². The van der Waals surface area contributed by atoms with Crippen molar-refractivity contribution in [3.63, 3.8) is 0 Å². The van der Waals surface area contributed by atoms with Gasteiger partial charge in [-0.15, -0.1) is 0 Å². The predicted molar refractivity (Wildman–Crippen MR) is 84.2 cm³/mol. The van der Waals surface area contributed by atoms with Gasteiger partial charge in [0.1, 0.15) is 0 Å². The summed E-state index contributed by atoms with van der Waals surface area (Å²) >= 11 is 9.70. The fourth-order valence-electron chi connectivity index (χ4n) is 1.94. The first-order chi connectivity index (χ1) is 9.20. The van der Waals surface area contributed by atoms with Gasteiger partial charge in [-0.1, -0.05) is 57.9 Å². The Morgan fingerprint density at radius 2 is 1.89 bits per heavy atom. The number of nitrogens with two attached hydrogens (primary N) is 1. The van der Waals surface area contributed by atoms with Gasteiger partial charge in [0.2, 0.25) is 0 Å². The Hall–Kier alpha value is -0.870. The maximum Gasteiger partial charge on any atom is 0.0462 e. The van der Waals surface area contributed by atoms with Crippen LogP contribution in [0.4, 0.5) is 0 Å². The lowest BCUT2D eigenvalue weighted by Gasteiger charge is -2.19. The summed E-state index contributed by atoms with van der Waals surface area (Å²) in [5, 5.41) is 4.18. The van der Waals surface area contributed by atoms with Gasteiger partial charge in [-0.25, -0.2) is 0 Å². The molecule has 0 saturated carbocycles. The van der Waals surface area contributed by atoms with Gasteiger partial charge in [0.15, 0.2) is 0 Å². The molecule has 0 aliphatic carbocycles. The Labute approximate surface area is 127 Å². The highest BCUT2D eigenvalue weighted by atomic mass is 79.9. The van der Waals surface area contributed by atoms with E-state index >= 15 is 0 Å². The molecule has 0 aliphatic heterocycles. The highest BCUT2D eigenvalue weighted by Gasteiger charge is 2.13. The summed E-state index contributed by atoms with van der Waals surface area (Å²) in [5.74, 6) is 0. The molecule has 2 nitrogen and oxygen atoms in total. The van der Waals surface area contributed by atoms with Gasteiger partial charge in [-0.05, 0) is 29.3 Å². The van der Waals surface area contributed by atoms with Crippen LogP contribution in [0.3, 0.4) is 0 Å². The van der Waals surface area contributed by atoms with E-state index in [1.54, 1.807) is 0 Å². The normalized spacial score (nSPS) is 12.4. The molecule has 100 valence electrons. The number of nitrogens with one attached hydrogen (secondary N) is 1. The van der Waals surface area contributed by atoms with Crippen molar-refractivity contribution in [2.45, 2.75) is 12.6 Å². The van der Waals surface area contributed by atoms with Crippen molar-refractivity contribution in [2.75, 3.05) is 6.54 Å². The number of hydrogen-bond donors (Lipinski definition) is 2. The molecule has 3 N–H and O–H groups in total. The molecule has 1 unspecified atom stereocenters. The van der Waals surface area contributed by atoms with Crippen molar-refractivity contribution in [2.24, 2.45) is 5.73 Å². The van der Waals surface area contributed by atoms with E-state index in [0.29, 0.717) is 6.54 Å². The van der Waals surface area contributed by atoms with Crippen molar-refractivity contribution >= 4 is 27.5 Å². The highest BCUT2D eigenvalue weighted by molar-refractivity contribution is 9.10. The van der Waals surface area contributed by atoms with E-state index in [9.17, 15) is 0 Å². The zero-order valence-electron chi connectivity index (χ0n) is 10.4. The Morgan fingerprint density at radius 1 is 1.16 bits per heavy atom. The molecule has 0 saturated heterocycles. The summed E-state index contributed by atoms with van der Waals surface area (Å²) in [5.41, 5.74) is 8.10. The molecule has 0 spiro atoms. The first kappa shape index (κ1) is 14.5. The second-order valence-corrected chi connectivity index (χ2v) is 5.64. The summed E-state index contributed by atoms with van der Waals surface area (Å²) in [4.78, 5) is 0. The molecule has 0 aromatic heterocycles. The van der Waals surface area contributed by atoms with Gasteiger partial charge in [0, 0.05) is 28.6 Å². The molecule has 0 bridgehead atoms. The molecular weight excluding hydrogens is 324 g/mol. The number of hydrogen-bond acceptors (Lipinski definition) is 2. The molecule has 19 heavy (non-hydrogen) atoms. The maximum atomic E-state index is 6.24. The van der Waals surface area contributed by atoms with Crippen LogP contribution in [0.5, 0.6) is 0 Å². The minimum absolute atomic E-state index is 0.0465. The molecule has 0 amide bonds. The van der Waals surface area contributed by atoms with Crippen LogP contribution in [0.15, 0.2) is 53.0 Å². The topological polar surface area (TPSA) is 38.0 Å². The molecule has 2 aromatic rings. The molecule has 0 fully saturated rings. The maximum absolute atomic E-state index is 6.24. The quantitative estimate of drug-likeness (QED) is 0.867. The van der Waals surface area contributed by atoms with Crippen molar-refractivity contribution < 1.29 is 0 Å². The fraction of sp³-hybridized carbons (Fsp3) is 0.200. The molecule has 4 heteroatoms. The average molecular weight is 340 g/mol. The SMILES string of the molecule is NCC(NCc1ccccc1)c1cc(Br)ccc1Cl. The van der Waals surface area contributed by atoms with Crippen LogP contribution < -0.4 is 11.1 Å². The monoisotopic (exact) mass is 338 g/mol. The second-order valence-electron chi connectivity index (χ2n) is 4.32. The third kappa shape index (κ3) is 4.05. The van der Waals surface area contributed by atoms with Gasteiger partial charge >= 0.3 is 0 Å². The zero-order chi connectivity index (χ0) is 13.7. The highest BCUT2D eigenvalue weighted by Crippen LogP contribution is 2.26. The van der Waals surface area contributed by atoms with Crippen molar-refractivity contribution in [3.05, 3.63) is 69.2 Å². The summed E-state index contributed by atoms with van der Waals surface area (Å²) in [6.45, 7) is 1.27. The van der Waals surface area contributed by atoms with Crippen LogP contribution in [0.1, 0.15) is 17.2 Å². The molecule has 0 heterocycles. The average Bonchev–Trinajstić information content (AvgIpc) is 2.44. The zero-order valence-corrected chi connectivity index (χ0v) is 12.8. The summed E-state index contributed by atoms with van der Waals surface area (Å²) in [6.07, 6.45) is 0. The van der Waals surface area contributed by atoms with E-state index in [1.165, 1.54) is 5.56 Å². The second kappa shape index (κ2) is 7.06. The first-order valence-corrected chi connectivity index (χ1v) is 7.30. The van der Waals surface area contributed by atoms with E-state index < -0.39 is 0 Å². The van der Waals surface area contributed by atoms with Gasteiger partial charge < -0.3 is 11.1 Å². The molecule has 2 rings (SSSR count). The van der Waals surface area contributed by atoms with Crippen LogP contribution in [-0.2, 0) is 6.54 Å². The smallest absolute Gasteiger partial charge is 0.0462 e. The third-order valence-corrected chi connectivity index (χ3v) is 3.80. The standard InChI is InChI=1S/C15H16BrClN2/c16-12-6-7-14(17)13(8-12)15(9-18)19-10-11-4-2-1-3-5-11/h1-8,15,19H,9-10,18H2. The summed E-state index contributed by atoms with van der Waals surface area (Å²) < 4.78 is 1.01. The predicted octanol–water partition coefficient (Wildman–Crippen LogP) is 3.89. The molecule has 0 radical (unpaired) electrons. The third-order valence-electron chi connectivity index (χ3n) is 2.96. The van der Waals surface area contributed by atoms with E-state index in [0.717, 1.165) is 21.6 Å². The van der Waals surface area contributed by atoms with E-state index in [-0.39, 0.29) is 6.04 Å². The Kier molecular flexibility index (Phi) is 5.40. The van der Waals surface area contributed by atoms with Crippen molar-refractivity contribution in [1.82, 2.24) is 5.32 Å².